The van der Waals surface area contributed by atoms with Crippen LogP contribution in [0.1, 0.15) is 12.0 Å². The topological polar surface area (TPSA) is 81.9 Å². The summed E-state index contributed by atoms with van der Waals surface area (Å²) < 4.78 is 10.8. The maximum Gasteiger partial charge on any atom is 0.251 e. The molecule has 1 heterocycles. The molecule has 1 fully saturated rings. The van der Waals surface area contributed by atoms with E-state index in [1.807, 2.05) is 54.6 Å². The number of primary amides is 1. The number of rotatable bonds is 7. The summed E-state index contributed by atoms with van der Waals surface area (Å²) in [6.07, 6.45) is 0.589. The molecular formula is C22H26N2O4. The van der Waals surface area contributed by atoms with Crippen molar-refractivity contribution in [3.05, 3.63) is 60.2 Å². The number of carbonyl (C=O) groups is 2. The van der Waals surface area contributed by atoms with Crippen molar-refractivity contribution in [3.63, 3.8) is 0 Å². The Kier molecular flexibility index (Phi) is 6.44. The first-order valence-electron chi connectivity index (χ1n) is 9.39. The average Bonchev–Trinajstić information content (AvgIpc) is 2.73. The minimum absolute atomic E-state index is 0.0613. The van der Waals surface area contributed by atoms with Gasteiger partial charge in [0.1, 0.15) is 0 Å². The highest BCUT2D eigenvalue weighted by molar-refractivity contribution is 5.86. The van der Waals surface area contributed by atoms with E-state index in [0.717, 1.165) is 16.7 Å². The minimum Gasteiger partial charge on any atom is -0.384 e. The van der Waals surface area contributed by atoms with E-state index in [1.54, 1.807) is 12.0 Å². The lowest BCUT2D eigenvalue weighted by molar-refractivity contribution is -0.163. The van der Waals surface area contributed by atoms with Gasteiger partial charge in [0, 0.05) is 20.1 Å². The molecule has 2 aromatic carbocycles. The number of methoxy groups -OCH3 is 1. The fraction of sp³-hybridized carbons (Fsp3) is 0.364. The molecule has 0 bridgehead atoms. The number of ether oxygens (including phenoxy) is 2. The van der Waals surface area contributed by atoms with Gasteiger partial charge in [-0.1, -0.05) is 54.6 Å². The number of nitrogens with two attached hydrogens (primary N) is 1. The van der Waals surface area contributed by atoms with Crippen LogP contribution in [-0.4, -0.2) is 55.7 Å². The Hall–Kier alpha value is -2.70. The monoisotopic (exact) mass is 382 g/mol. The predicted molar refractivity (Wildman–Crippen MR) is 107 cm³/mol. The molecule has 0 radical (unpaired) electrons. The van der Waals surface area contributed by atoms with Crippen LogP contribution < -0.4 is 5.73 Å². The van der Waals surface area contributed by atoms with Gasteiger partial charge in [-0.05, 0) is 16.7 Å². The highest BCUT2D eigenvalue weighted by Gasteiger charge is 2.43. The smallest absolute Gasteiger partial charge is 0.251 e. The maximum absolute atomic E-state index is 12.4. The van der Waals surface area contributed by atoms with Crippen molar-refractivity contribution in [2.24, 2.45) is 5.73 Å². The quantitative estimate of drug-likeness (QED) is 0.794. The fourth-order valence-corrected chi connectivity index (χ4v) is 3.51. The molecule has 0 saturated carbocycles. The van der Waals surface area contributed by atoms with E-state index in [-0.39, 0.29) is 25.5 Å². The first-order valence-corrected chi connectivity index (χ1v) is 9.39. The number of hydrogen-bond donors (Lipinski definition) is 1. The minimum atomic E-state index is -1.23. The third-order valence-corrected chi connectivity index (χ3v) is 5.03. The summed E-state index contributed by atoms with van der Waals surface area (Å²) in [5, 5.41) is 0. The second-order valence-corrected chi connectivity index (χ2v) is 7.01. The summed E-state index contributed by atoms with van der Waals surface area (Å²) in [6.45, 7) is 1.22. The summed E-state index contributed by atoms with van der Waals surface area (Å²) in [5.74, 6) is -0.615. The molecule has 2 N–H and O–H groups in total. The average molecular weight is 382 g/mol. The molecule has 0 spiro atoms. The summed E-state index contributed by atoms with van der Waals surface area (Å²) in [5.41, 5.74) is 7.60. The van der Waals surface area contributed by atoms with Crippen LogP contribution in [0.5, 0.6) is 0 Å². The number of hydrogen-bond acceptors (Lipinski definition) is 4. The van der Waals surface area contributed by atoms with Gasteiger partial charge in [-0.25, -0.2) is 0 Å². The Labute approximate surface area is 165 Å². The zero-order valence-corrected chi connectivity index (χ0v) is 16.1. The number of carbonyl (C=O) groups excluding carboxylic acids is 2. The molecule has 6 nitrogen and oxygen atoms in total. The van der Waals surface area contributed by atoms with Crippen LogP contribution in [0.15, 0.2) is 54.6 Å². The molecule has 6 heteroatoms. The molecule has 1 atom stereocenters. The molecule has 1 aliphatic rings. The van der Waals surface area contributed by atoms with Crippen LogP contribution in [0.3, 0.4) is 0 Å². The van der Waals surface area contributed by atoms with E-state index in [0.29, 0.717) is 19.6 Å². The molecular weight excluding hydrogens is 356 g/mol. The number of nitrogens with zero attached hydrogens (tertiary/aromatic N) is 1. The normalized spacial score (nSPS) is 19.4. The second-order valence-electron chi connectivity index (χ2n) is 7.01. The van der Waals surface area contributed by atoms with E-state index in [1.165, 1.54) is 0 Å². The van der Waals surface area contributed by atoms with E-state index >= 15 is 0 Å². The van der Waals surface area contributed by atoms with Gasteiger partial charge in [-0.15, -0.1) is 0 Å². The van der Waals surface area contributed by atoms with Crippen LogP contribution in [0.4, 0.5) is 0 Å². The molecule has 28 heavy (non-hydrogen) atoms. The van der Waals surface area contributed by atoms with Gasteiger partial charge < -0.3 is 20.1 Å². The van der Waals surface area contributed by atoms with Gasteiger partial charge in [-0.2, -0.15) is 0 Å². The molecule has 2 amide bonds. The van der Waals surface area contributed by atoms with Crippen molar-refractivity contribution in [1.82, 2.24) is 4.90 Å². The van der Waals surface area contributed by atoms with Gasteiger partial charge in [0.2, 0.25) is 5.91 Å². The van der Waals surface area contributed by atoms with Crippen LogP contribution in [0, 0.1) is 0 Å². The van der Waals surface area contributed by atoms with Gasteiger partial charge in [-0.3, -0.25) is 9.59 Å². The lowest BCUT2D eigenvalue weighted by Crippen LogP contribution is -2.61. The van der Waals surface area contributed by atoms with Crippen LogP contribution >= 0.6 is 0 Å². The van der Waals surface area contributed by atoms with Gasteiger partial charge in [0.05, 0.1) is 26.2 Å². The molecule has 0 aliphatic carbocycles. The molecule has 0 aromatic heterocycles. The molecule has 3 rings (SSSR count). The third kappa shape index (κ3) is 4.58. The molecule has 1 saturated heterocycles. The third-order valence-electron chi connectivity index (χ3n) is 5.03. The first-order chi connectivity index (χ1) is 13.5. The zero-order chi connectivity index (χ0) is 20.0. The highest BCUT2D eigenvalue weighted by atomic mass is 16.5. The second kappa shape index (κ2) is 8.99. The van der Waals surface area contributed by atoms with E-state index in [2.05, 4.69) is 0 Å². The summed E-state index contributed by atoms with van der Waals surface area (Å²) >= 11 is 0. The first kappa shape index (κ1) is 20.0. The zero-order valence-electron chi connectivity index (χ0n) is 16.1. The standard InChI is InChI=1S/C22H26N2O4/c1-27-12-10-20(25)24-11-13-28-22(16-24,21(23)26)15-17-6-5-9-19(14-17)18-7-3-2-4-8-18/h2-9,14H,10-13,15-16H2,1H3,(H2,23,26)/t22-/m1/s1. The van der Waals surface area contributed by atoms with Crippen molar-refractivity contribution < 1.29 is 19.1 Å². The summed E-state index contributed by atoms with van der Waals surface area (Å²) in [4.78, 5) is 26.4. The van der Waals surface area contributed by atoms with Crippen molar-refractivity contribution >= 4 is 11.8 Å². The lowest BCUT2D eigenvalue weighted by atomic mass is 9.90. The van der Waals surface area contributed by atoms with Crippen LogP contribution in [0.2, 0.25) is 0 Å². The summed E-state index contributed by atoms with van der Waals surface area (Å²) in [6, 6.07) is 18.0. The van der Waals surface area contributed by atoms with E-state index < -0.39 is 11.5 Å². The van der Waals surface area contributed by atoms with Crippen molar-refractivity contribution in [1.29, 1.82) is 0 Å². The number of morpholine rings is 1. The number of amides is 2. The highest BCUT2D eigenvalue weighted by Crippen LogP contribution is 2.27. The molecule has 1 aliphatic heterocycles. The molecule has 2 aromatic rings. The van der Waals surface area contributed by atoms with Crippen LogP contribution in [-0.2, 0) is 25.5 Å². The van der Waals surface area contributed by atoms with E-state index in [9.17, 15) is 9.59 Å². The van der Waals surface area contributed by atoms with Crippen molar-refractivity contribution in [3.8, 4) is 11.1 Å². The largest absolute Gasteiger partial charge is 0.384 e. The van der Waals surface area contributed by atoms with Gasteiger partial charge in [0.25, 0.3) is 5.91 Å². The fourth-order valence-electron chi connectivity index (χ4n) is 3.51. The Morgan fingerprint density at radius 1 is 1.14 bits per heavy atom. The lowest BCUT2D eigenvalue weighted by Gasteiger charge is -2.40. The molecule has 148 valence electrons. The van der Waals surface area contributed by atoms with Crippen LogP contribution in [0.25, 0.3) is 11.1 Å². The molecule has 0 unspecified atom stereocenters. The summed E-state index contributed by atoms with van der Waals surface area (Å²) in [7, 11) is 1.56. The SMILES string of the molecule is COCCC(=O)N1CCO[C@@](Cc2cccc(-c3ccccc3)c2)(C(N)=O)C1. The predicted octanol–water partition coefficient (Wildman–Crippen LogP) is 2.02. The Morgan fingerprint density at radius 3 is 2.61 bits per heavy atom. The number of benzene rings is 2. The van der Waals surface area contributed by atoms with Gasteiger partial charge >= 0.3 is 0 Å². The Balaban J connectivity index is 1.81. The Morgan fingerprint density at radius 2 is 1.89 bits per heavy atom. The van der Waals surface area contributed by atoms with E-state index in [4.69, 9.17) is 15.2 Å². The Bertz CT molecular complexity index is 824. The van der Waals surface area contributed by atoms with Crippen molar-refractivity contribution in [2.45, 2.75) is 18.4 Å². The van der Waals surface area contributed by atoms with Crippen molar-refractivity contribution in [2.75, 3.05) is 33.4 Å². The maximum atomic E-state index is 12.4. The van der Waals surface area contributed by atoms with Gasteiger partial charge in [0.15, 0.2) is 5.60 Å².